The van der Waals surface area contributed by atoms with Crippen LogP contribution in [-0.4, -0.2) is 78.9 Å². The number of ether oxygens (including phenoxy) is 3. The third-order valence-electron chi connectivity index (χ3n) is 4.27. The second kappa shape index (κ2) is 9.97. The van der Waals surface area contributed by atoms with E-state index in [1.165, 1.54) is 0 Å². The standard InChI is InChI=1S/C17H32N2O4S/c1-5-7-9-21-14-12(11-20)23-16-13(15(14)22-10-8-6-2)18-17(24-16)19(3)4/h12-16,20H,5-11H2,1-4H3/t12-,13-,14-,15-,16-/m1/s1. The van der Waals surface area contributed by atoms with Crippen molar-refractivity contribution in [3.8, 4) is 0 Å². The van der Waals surface area contributed by atoms with E-state index in [2.05, 4.69) is 13.8 Å². The lowest BCUT2D eigenvalue weighted by molar-refractivity contribution is -0.199. The Morgan fingerprint density at radius 2 is 1.75 bits per heavy atom. The van der Waals surface area contributed by atoms with Crippen LogP contribution in [-0.2, 0) is 14.2 Å². The second-order valence-electron chi connectivity index (χ2n) is 6.52. The molecule has 5 atom stereocenters. The van der Waals surface area contributed by atoms with Gasteiger partial charge >= 0.3 is 0 Å². The van der Waals surface area contributed by atoms with Crippen molar-refractivity contribution in [1.82, 2.24) is 4.90 Å². The Hall–Kier alpha value is -0.340. The molecule has 0 bridgehead atoms. The van der Waals surface area contributed by atoms with Crippen LogP contribution in [0.4, 0.5) is 0 Å². The zero-order chi connectivity index (χ0) is 17.5. The zero-order valence-corrected chi connectivity index (χ0v) is 16.1. The summed E-state index contributed by atoms with van der Waals surface area (Å²) in [5, 5.41) is 10.7. The lowest BCUT2D eigenvalue weighted by Gasteiger charge is -2.42. The summed E-state index contributed by atoms with van der Waals surface area (Å²) in [6.07, 6.45) is 3.36. The van der Waals surface area contributed by atoms with Gasteiger partial charge in [0, 0.05) is 27.3 Å². The monoisotopic (exact) mass is 360 g/mol. The van der Waals surface area contributed by atoms with E-state index in [0.29, 0.717) is 13.2 Å². The fourth-order valence-electron chi connectivity index (χ4n) is 2.88. The van der Waals surface area contributed by atoms with Crippen molar-refractivity contribution in [3.05, 3.63) is 0 Å². The third-order valence-corrected chi connectivity index (χ3v) is 5.58. The number of aliphatic hydroxyl groups excluding tert-OH is 1. The van der Waals surface area contributed by atoms with Crippen molar-refractivity contribution in [1.29, 1.82) is 0 Å². The van der Waals surface area contributed by atoms with Crippen molar-refractivity contribution < 1.29 is 19.3 Å². The van der Waals surface area contributed by atoms with E-state index in [1.807, 2.05) is 19.0 Å². The molecule has 140 valence electrons. The van der Waals surface area contributed by atoms with Crippen molar-refractivity contribution in [2.45, 2.75) is 69.3 Å². The molecule has 1 saturated heterocycles. The molecule has 24 heavy (non-hydrogen) atoms. The first-order valence-electron chi connectivity index (χ1n) is 9.03. The highest BCUT2D eigenvalue weighted by atomic mass is 32.2. The smallest absolute Gasteiger partial charge is 0.161 e. The van der Waals surface area contributed by atoms with Gasteiger partial charge in [-0.1, -0.05) is 38.5 Å². The zero-order valence-electron chi connectivity index (χ0n) is 15.3. The lowest BCUT2D eigenvalue weighted by atomic mass is 9.98. The Bertz CT molecular complexity index is 408. The van der Waals surface area contributed by atoms with Gasteiger partial charge in [-0.15, -0.1) is 0 Å². The van der Waals surface area contributed by atoms with Crippen LogP contribution >= 0.6 is 11.8 Å². The first-order chi connectivity index (χ1) is 11.6. The van der Waals surface area contributed by atoms with Gasteiger partial charge in [0.25, 0.3) is 0 Å². The molecule has 0 saturated carbocycles. The predicted molar refractivity (Wildman–Crippen MR) is 97.5 cm³/mol. The third kappa shape index (κ3) is 4.85. The summed E-state index contributed by atoms with van der Waals surface area (Å²) in [6.45, 7) is 5.56. The Balaban J connectivity index is 2.14. The van der Waals surface area contributed by atoms with E-state index in [4.69, 9.17) is 19.2 Å². The number of fused-ring (bicyclic) bond motifs is 1. The van der Waals surface area contributed by atoms with E-state index in [9.17, 15) is 5.11 Å². The van der Waals surface area contributed by atoms with E-state index >= 15 is 0 Å². The molecule has 0 aromatic carbocycles. The quantitative estimate of drug-likeness (QED) is 0.636. The molecule has 0 aliphatic carbocycles. The maximum atomic E-state index is 9.78. The number of hydrogen-bond acceptors (Lipinski definition) is 7. The molecule has 2 rings (SSSR count). The Labute approximate surface area is 149 Å². The fourth-order valence-corrected chi connectivity index (χ4v) is 4.03. The number of unbranched alkanes of at least 4 members (excludes halogenated alkanes) is 2. The summed E-state index contributed by atoms with van der Waals surface area (Å²) in [7, 11) is 3.96. The normalized spacial score (nSPS) is 32.5. The molecule has 2 aliphatic rings. The highest BCUT2D eigenvalue weighted by Crippen LogP contribution is 2.39. The highest BCUT2D eigenvalue weighted by molar-refractivity contribution is 8.14. The highest BCUT2D eigenvalue weighted by Gasteiger charge is 2.50. The van der Waals surface area contributed by atoms with Crippen molar-refractivity contribution in [3.63, 3.8) is 0 Å². The van der Waals surface area contributed by atoms with Crippen LogP contribution in [0.25, 0.3) is 0 Å². The fraction of sp³-hybridized carbons (Fsp3) is 0.941. The minimum atomic E-state index is -0.362. The molecule has 6 nitrogen and oxygen atoms in total. The van der Waals surface area contributed by atoms with Crippen molar-refractivity contribution >= 4 is 16.9 Å². The van der Waals surface area contributed by atoms with Crippen molar-refractivity contribution in [2.75, 3.05) is 33.9 Å². The molecule has 0 spiro atoms. The number of thioether (sulfide) groups is 1. The number of aliphatic hydroxyl groups is 1. The molecule has 2 aliphatic heterocycles. The Kier molecular flexibility index (Phi) is 8.30. The molecule has 0 unspecified atom stereocenters. The first-order valence-corrected chi connectivity index (χ1v) is 9.91. The molecule has 0 aromatic rings. The van der Waals surface area contributed by atoms with Gasteiger partial charge in [0.15, 0.2) is 5.17 Å². The first kappa shape index (κ1) is 20.0. The summed E-state index contributed by atoms with van der Waals surface area (Å²) in [6, 6.07) is -0.0846. The topological polar surface area (TPSA) is 63.5 Å². The molecular formula is C17H32N2O4S. The van der Waals surface area contributed by atoms with Crippen LogP contribution in [0.2, 0.25) is 0 Å². The summed E-state index contributed by atoms with van der Waals surface area (Å²) >= 11 is 1.60. The van der Waals surface area contributed by atoms with Crippen LogP contribution < -0.4 is 0 Å². The number of aliphatic imine (C=N–C) groups is 1. The Morgan fingerprint density at radius 3 is 2.29 bits per heavy atom. The van der Waals surface area contributed by atoms with Crippen LogP contribution in [0.1, 0.15) is 39.5 Å². The van der Waals surface area contributed by atoms with Gasteiger partial charge in [0.2, 0.25) is 0 Å². The SMILES string of the molecule is CCCCO[C@@H]1[C@H]2N=C(N(C)C)S[C@H]2O[C@H](CO)[C@H]1OCCCC. The van der Waals surface area contributed by atoms with Gasteiger partial charge in [-0.3, -0.25) is 4.99 Å². The average Bonchev–Trinajstić information content (AvgIpc) is 3.00. The van der Waals surface area contributed by atoms with E-state index in [-0.39, 0.29) is 36.4 Å². The van der Waals surface area contributed by atoms with E-state index < -0.39 is 0 Å². The predicted octanol–water partition coefficient (Wildman–Crippen LogP) is 2.11. The van der Waals surface area contributed by atoms with Crippen molar-refractivity contribution in [2.24, 2.45) is 4.99 Å². The van der Waals surface area contributed by atoms with Gasteiger partial charge in [-0.2, -0.15) is 0 Å². The van der Waals surface area contributed by atoms with Gasteiger partial charge in [0.1, 0.15) is 29.8 Å². The maximum absolute atomic E-state index is 9.78. The van der Waals surface area contributed by atoms with E-state index in [1.54, 1.807) is 11.8 Å². The summed E-state index contributed by atoms with van der Waals surface area (Å²) in [4.78, 5) is 6.81. The minimum absolute atomic E-state index is 0.0640. The van der Waals surface area contributed by atoms with Gasteiger partial charge in [-0.25, -0.2) is 0 Å². The lowest BCUT2D eigenvalue weighted by Crippen LogP contribution is -2.58. The van der Waals surface area contributed by atoms with Gasteiger partial charge < -0.3 is 24.2 Å². The summed E-state index contributed by atoms with van der Waals surface area (Å²) < 4.78 is 18.3. The number of rotatable bonds is 9. The van der Waals surface area contributed by atoms with Gasteiger partial charge in [0.05, 0.1) is 6.61 Å². The number of hydrogen-bond donors (Lipinski definition) is 1. The molecule has 1 fully saturated rings. The molecule has 2 heterocycles. The largest absolute Gasteiger partial charge is 0.394 e. The molecule has 0 radical (unpaired) electrons. The van der Waals surface area contributed by atoms with Crippen LogP contribution in [0, 0.1) is 0 Å². The molecule has 1 N–H and O–H groups in total. The Morgan fingerprint density at radius 1 is 1.12 bits per heavy atom. The molecular weight excluding hydrogens is 328 g/mol. The average molecular weight is 361 g/mol. The maximum Gasteiger partial charge on any atom is 0.161 e. The van der Waals surface area contributed by atoms with Crippen LogP contribution in [0.15, 0.2) is 4.99 Å². The van der Waals surface area contributed by atoms with Gasteiger partial charge in [-0.05, 0) is 12.8 Å². The summed E-state index contributed by atoms with van der Waals surface area (Å²) in [5.41, 5.74) is -0.114. The molecule has 7 heteroatoms. The molecule has 0 amide bonds. The number of nitrogens with zero attached hydrogens (tertiary/aromatic N) is 2. The van der Waals surface area contributed by atoms with Crippen LogP contribution in [0.5, 0.6) is 0 Å². The van der Waals surface area contributed by atoms with E-state index in [0.717, 1.165) is 30.9 Å². The second-order valence-corrected chi connectivity index (χ2v) is 7.58. The van der Waals surface area contributed by atoms with Crippen LogP contribution in [0.3, 0.4) is 0 Å². The molecule has 0 aromatic heterocycles. The number of amidine groups is 1. The summed E-state index contributed by atoms with van der Waals surface area (Å²) in [5.74, 6) is 0. The minimum Gasteiger partial charge on any atom is -0.394 e.